The molecule has 0 aromatic carbocycles. The predicted octanol–water partition coefficient (Wildman–Crippen LogP) is 4.25. The Morgan fingerprint density at radius 1 is 0.722 bits per heavy atom. The fraction of sp³-hybridized carbons (Fsp3) is 1.00. The van der Waals surface area contributed by atoms with E-state index in [1.54, 1.807) is 0 Å². The molecule has 2 nitrogen and oxygen atoms in total. The zero-order valence-corrected chi connectivity index (χ0v) is 14.9. The normalized spacial score (nSPS) is 23.8. The lowest BCUT2D eigenvalue weighted by atomic mass is 9.90. The highest BCUT2D eigenvalue weighted by atomic mass is 28.3. The van der Waals surface area contributed by atoms with Crippen LogP contribution in [0.3, 0.4) is 0 Å². The van der Waals surface area contributed by atoms with Gasteiger partial charge in [0.05, 0.1) is 11.2 Å². The smallest absolute Gasteiger partial charge is 0.406 e. The van der Waals surface area contributed by atoms with Gasteiger partial charge in [-0.3, -0.25) is 0 Å². The zero-order chi connectivity index (χ0) is 14.6. The van der Waals surface area contributed by atoms with E-state index < -0.39 is 8.67 Å². The summed E-state index contributed by atoms with van der Waals surface area (Å²) >= 11 is 0. The molecule has 1 radical (unpaired) electrons. The molecule has 1 rings (SSSR count). The maximum Gasteiger partial charge on any atom is 0.431 e. The molecular formula is C14H30BO2Si. The van der Waals surface area contributed by atoms with Gasteiger partial charge in [0.1, 0.15) is 8.67 Å². The van der Waals surface area contributed by atoms with E-state index >= 15 is 0 Å². The lowest BCUT2D eigenvalue weighted by molar-refractivity contribution is 0.00578. The third-order valence-electron chi connectivity index (χ3n) is 4.10. The summed E-state index contributed by atoms with van der Waals surface area (Å²) in [6.45, 7) is 22.4. The van der Waals surface area contributed by atoms with E-state index in [-0.39, 0.29) is 28.0 Å². The largest absolute Gasteiger partial charge is 0.431 e. The molecule has 4 heteroatoms. The standard InChI is InChI=1S/C14H30BO2Si/c1-11(2,3)18(12(4,5)6)15-16-13(7,8)14(9,10)17-15/h1-10H3. The highest BCUT2D eigenvalue weighted by Crippen LogP contribution is 2.48. The molecule has 0 atom stereocenters. The van der Waals surface area contributed by atoms with Crippen molar-refractivity contribution in [1.29, 1.82) is 0 Å². The first-order valence-electron chi connectivity index (χ1n) is 6.92. The molecule has 0 unspecified atom stereocenters. The van der Waals surface area contributed by atoms with Crippen molar-refractivity contribution in [2.24, 2.45) is 0 Å². The van der Waals surface area contributed by atoms with Gasteiger partial charge in [-0.25, -0.2) is 0 Å². The number of hydrogen-bond acceptors (Lipinski definition) is 2. The van der Waals surface area contributed by atoms with E-state index in [0.717, 1.165) is 0 Å². The van der Waals surface area contributed by atoms with E-state index in [0.29, 0.717) is 0 Å². The third-order valence-corrected chi connectivity index (χ3v) is 8.04. The second-order valence-electron chi connectivity index (χ2n) is 8.50. The lowest BCUT2D eigenvalue weighted by Crippen LogP contribution is -2.51. The van der Waals surface area contributed by atoms with Crippen molar-refractivity contribution in [3.63, 3.8) is 0 Å². The minimum absolute atomic E-state index is 0.0278. The van der Waals surface area contributed by atoms with Crippen molar-refractivity contribution in [3.05, 3.63) is 0 Å². The Morgan fingerprint density at radius 2 is 1.00 bits per heavy atom. The van der Waals surface area contributed by atoms with E-state index in [1.807, 2.05) is 0 Å². The fourth-order valence-electron chi connectivity index (χ4n) is 2.79. The molecule has 1 fully saturated rings. The van der Waals surface area contributed by atoms with Crippen LogP contribution in [0.25, 0.3) is 0 Å². The molecular weight excluding hydrogens is 239 g/mol. The first-order valence-corrected chi connectivity index (χ1v) is 8.50. The van der Waals surface area contributed by atoms with Gasteiger partial charge in [0.25, 0.3) is 0 Å². The summed E-state index contributed by atoms with van der Waals surface area (Å²) < 4.78 is 12.6. The lowest BCUT2D eigenvalue weighted by Gasteiger charge is -2.39. The van der Waals surface area contributed by atoms with Crippen molar-refractivity contribution in [3.8, 4) is 0 Å². The molecule has 0 aromatic rings. The van der Waals surface area contributed by atoms with Crippen LogP contribution in [0.5, 0.6) is 0 Å². The summed E-state index contributed by atoms with van der Waals surface area (Å²) in [7, 11) is -0.838. The van der Waals surface area contributed by atoms with Crippen LogP contribution in [0, 0.1) is 0 Å². The first-order chi connectivity index (χ1) is 7.68. The number of rotatable bonds is 1. The molecule has 0 amide bonds. The van der Waals surface area contributed by atoms with Gasteiger partial charge < -0.3 is 9.31 Å². The highest BCUT2D eigenvalue weighted by molar-refractivity contribution is 7.19. The summed E-state index contributed by atoms with van der Waals surface area (Å²) in [5, 5.41) is 0.508. The summed E-state index contributed by atoms with van der Waals surface area (Å²) in [5.74, 6) is 0. The molecule has 0 spiro atoms. The van der Waals surface area contributed by atoms with Crippen LogP contribution in [-0.2, 0) is 9.31 Å². The van der Waals surface area contributed by atoms with Crippen LogP contribution in [-0.4, -0.2) is 26.6 Å². The average Bonchev–Trinajstić information content (AvgIpc) is 2.11. The molecule has 0 aliphatic carbocycles. The molecule has 1 saturated heterocycles. The van der Waals surface area contributed by atoms with Gasteiger partial charge in [0.2, 0.25) is 0 Å². The molecule has 1 aliphatic heterocycles. The average molecular weight is 269 g/mol. The summed E-state index contributed by atoms with van der Waals surface area (Å²) in [4.78, 5) is 0. The predicted molar refractivity (Wildman–Crippen MR) is 81.3 cm³/mol. The van der Waals surface area contributed by atoms with Gasteiger partial charge in [-0.2, -0.15) is 0 Å². The Labute approximate surface area is 116 Å². The summed E-state index contributed by atoms with van der Waals surface area (Å²) in [5.41, 5.74) is -0.436. The Balaban J connectivity index is 3.06. The molecule has 1 aliphatic rings. The van der Waals surface area contributed by atoms with Gasteiger partial charge in [-0.1, -0.05) is 41.5 Å². The van der Waals surface area contributed by atoms with Crippen LogP contribution in [0.2, 0.25) is 10.1 Å². The minimum atomic E-state index is -0.838. The maximum atomic E-state index is 6.30. The van der Waals surface area contributed by atoms with E-state index in [4.69, 9.17) is 9.31 Å². The quantitative estimate of drug-likeness (QED) is 0.662. The Kier molecular flexibility index (Phi) is 3.93. The zero-order valence-electron chi connectivity index (χ0n) is 13.9. The first kappa shape index (κ1) is 16.3. The molecule has 0 N–H and O–H groups in total. The second kappa shape index (κ2) is 4.35. The van der Waals surface area contributed by atoms with Crippen molar-refractivity contribution >= 4 is 15.4 Å². The Hall–Kier alpha value is 0.202. The minimum Gasteiger partial charge on any atom is -0.406 e. The topological polar surface area (TPSA) is 18.5 Å². The monoisotopic (exact) mass is 269 g/mol. The van der Waals surface area contributed by atoms with E-state index in [2.05, 4.69) is 69.2 Å². The van der Waals surface area contributed by atoms with Crippen LogP contribution in [0.4, 0.5) is 0 Å². The molecule has 0 saturated carbocycles. The van der Waals surface area contributed by atoms with Crippen LogP contribution in [0.15, 0.2) is 0 Å². The molecule has 0 aromatic heterocycles. The number of hydrogen-bond donors (Lipinski definition) is 0. The third kappa shape index (κ3) is 3.02. The van der Waals surface area contributed by atoms with Gasteiger partial charge in [0, 0.05) is 0 Å². The van der Waals surface area contributed by atoms with Gasteiger partial charge in [0.15, 0.2) is 0 Å². The molecule has 18 heavy (non-hydrogen) atoms. The van der Waals surface area contributed by atoms with Crippen LogP contribution >= 0.6 is 0 Å². The van der Waals surface area contributed by atoms with Crippen molar-refractivity contribution in [1.82, 2.24) is 0 Å². The Bertz CT molecular complexity index is 283. The Morgan fingerprint density at radius 3 is 1.22 bits per heavy atom. The van der Waals surface area contributed by atoms with Crippen molar-refractivity contribution in [2.45, 2.75) is 90.5 Å². The van der Waals surface area contributed by atoms with Gasteiger partial charge in [-0.05, 0) is 37.8 Å². The summed E-state index contributed by atoms with van der Waals surface area (Å²) in [6, 6.07) is 0. The van der Waals surface area contributed by atoms with E-state index in [9.17, 15) is 0 Å². The van der Waals surface area contributed by atoms with Gasteiger partial charge in [-0.15, -0.1) is 0 Å². The molecule has 0 bridgehead atoms. The van der Waals surface area contributed by atoms with Crippen molar-refractivity contribution in [2.75, 3.05) is 0 Å². The fourth-order valence-corrected chi connectivity index (χ4v) is 7.28. The van der Waals surface area contributed by atoms with Crippen molar-refractivity contribution < 1.29 is 9.31 Å². The van der Waals surface area contributed by atoms with Crippen LogP contribution < -0.4 is 0 Å². The summed E-state index contributed by atoms with van der Waals surface area (Å²) in [6.07, 6.45) is 0. The molecule has 105 valence electrons. The SMILES string of the molecule is CC(C)(C)[Si](B1OC(C)(C)C(C)(C)O1)C(C)(C)C. The van der Waals surface area contributed by atoms with Crippen LogP contribution in [0.1, 0.15) is 69.2 Å². The molecule has 1 heterocycles. The van der Waals surface area contributed by atoms with E-state index in [1.165, 1.54) is 0 Å². The highest BCUT2D eigenvalue weighted by Gasteiger charge is 2.58. The maximum absolute atomic E-state index is 6.30. The van der Waals surface area contributed by atoms with Gasteiger partial charge >= 0.3 is 6.71 Å². The second-order valence-corrected chi connectivity index (χ2v) is 12.8.